The maximum Gasteiger partial charge on any atom is 0.205 e. The van der Waals surface area contributed by atoms with E-state index in [1.54, 1.807) is 11.5 Å². The predicted octanol–water partition coefficient (Wildman–Crippen LogP) is 3.25. The summed E-state index contributed by atoms with van der Waals surface area (Å²) in [5.74, 6) is 1.69. The molecule has 2 unspecified atom stereocenters. The summed E-state index contributed by atoms with van der Waals surface area (Å²) in [5.41, 5.74) is 0. The van der Waals surface area contributed by atoms with E-state index >= 15 is 0 Å². The quantitative estimate of drug-likeness (QED) is 0.807. The summed E-state index contributed by atoms with van der Waals surface area (Å²) < 4.78 is 4.29. The molecule has 1 saturated heterocycles. The highest BCUT2D eigenvalue weighted by molar-refractivity contribution is 7.09. The van der Waals surface area contributed by atoms with Crippen LogP contribution in [0.25, 0.3) is 0 Å². The van der Waals surface area contributed by atoms with Gasteiger partial charge in [0.05, 0.1) is 0 Å². The summed E-state index contributed by atoms with van der Waals surface area (Å²) >= 11 is 1.55. The van der Waals surface area contributed by atoms with Gasteiger partial charge >= 0.3 is 0 Å². The molecule has 2 heterocycles. The van der Waals surface area contributed by atoms with Crippen molar-refractivity contribution in [3.05, 3.63) is 5.82 Å². The largest absolute Gasteiger partial charge is 0.344 e. The molecule has 0 radical (unpaired) electrons. The molecule has 0 saturated carbocycles. The van der Waals surface area contributed by atoms with Crippen LogP contribution in [-0.2, 0) is 0 Å². The summed E-state index contributed by atoms with van der Waals surface area (Å²) in [6.45, 7) is 7.78. The highest BCUT2D eigenvalue weighted by Crippen LogP contribution is 2.32. The van der Waals surface area contributed by atoms with Crippen molar-refractivity contribution < 1.29 is 0 Å². The zero-order valence-corrected chi connectivity index (χ0v) is 11.3. The molecule has 1 aromatic heterocycles. The molecule has 90 valence electrons. The normalized spacial score (nSPS) is 22.7. The number of aryl methyl sites for hydroxylation is 1. The second kappa shape index (κ2) is 5.13. The van der Waals surface area contributed by atoms with Crippen molar-refractivity contribution in [3.63, 3.8) is 0 Å². The van der Waals surface area contributed by atoms with Crippen LogP contribution in [0, 0.1) is 12.8 Å². The Bertz CT molecular complexity index is 337. The lowest BCUT2D eigenvalue weighted by atomic mass is 9.95. The Balaban J connectivity index is 2.08. The van der Waals surface area contributed by atoms with Crippen molar-refractivity contribution in [3.8, 4) is 0 Å². The predicted molar refractivity (Wildman–Crippen MR) is 69.1 cm³/mol. The summed E-state index contributed by atoms with van der Waals surface area (Å²) in [6, 6.07) is 0.687. The van der Waals surface area contributed by atoms with Crippen molar-refractivity contribution in [2.24, 2.45) is 5.92 Å². The molecule has 0 aromatic carbocycles. The lowest BCUT2D eigenvalue weighted by Crippen LogP contribution is -2.34. The maximum absolute atomic E-state index is 4.52. The second-order valence-electron chi connectivity index (χ2n) is 4.79. The fourth-order valence-corrected chi connectivity index (χ4v) is 3.43. The van der Waals surface area contributed by atoms with E-state index in [2.05, 4.69) is 28.1 Å². The fourth-order valence-electron chi connectivity index (χ4n) is 2.67. The molecule has 0 aliphatic carbocycles. The Labute approximate surface area is 102 Å². The Morgan fingerprint density at radius 1 is 1.56 bits per heavy atom. The van der Waals surface area contributed by atoms with Gasteiger partial charge in [-0.15, -0.1) is 0 Å². The molecule has 1 aliphatic rings. The molecule has 1 fully saturated rings. The number of hydrogen-bond acceptors (Lipinski definition) is 4. The van der Waals surface area contributed by atoms with E-state index in [-0.39, 0.29) is 0 Å². The summed E-state index contributed by atoms with van der Waals surface area (Å²) in [5, 5.41) is 1.13. The molecule has 2 rings (SSSR count). The maximum atomic E-state index is 4.52. The van der Waals surface area contributed by atoms with Crippen LogP contribution in [0.15, 0.2) is 0 Å². The molecule has 1 aliphatic heterocycles. The van der Waals surface area contributed by atoms with Gasteiger partial charge in [-0.2, -0.15) is 4.37 Å². The van der Waals surface area contributed by atoms with Crippen molar-refractivity contribution in [2.45, 2.75) is 52.5 Å². The third-order valence-electron chi connectivity index (χ3n) is 3.46. The zero-order chi connectivity index (χ0) is 11.5. The smallest absolute Gasteiger partial charge is 0.205 e. The van der Waals surface area contributed by atoms with E-state index in [1.807, 2.05) is 6.92 Å². The number of hydrogen-bond donors (Lipinski definition) is 0. The summed E-state index contributed by atoms with van der Waals surface area (Å²) in [4.78, 5) is 7.00. The Hall–Kier alpha value is -0.640. The number of anilines is 1. The van der Waals surface area contributed by atoms with E-state index in [0.717, 1.165) is 23.4 Å². The van der Waals surface area contributed by atoms with Gasteiger partial charge in [-0.3, -0.25) is 0 Å². The minimum Gasteiger partial charge on any atom is -0.344 e. The van der Waals surface area contributed by atoms with E-state index in [4.69, 9.17) is 0 Å². The van der Waals surface area contributed by atoms with E-state index < -0.39 is 0 Å². The third kappa shape index (κ3) is 2.37. The van der Waals surface area contributed by atoms with Crippen molar-refractivity contribution in [1.82, 2.24) is 9.36 Å². The molecule has 16 heavy (non-hydrogen) atoms. The first-order valence-electron chi connectivity index (χ1n) is 6.29. The molecule has 1 aromatic rings. The fraction of sp³-hybridized carbons (Fsp3) is 0.833. The van der Waals surface area contributed by atoms with Gasteiger partial charge in [-0.05, 0) is 32.1 Å². The lowest BCUT2D eigenvalue weighted by molar-refractivity contribution is 0.421. The van der Waals surface area contributed by atoms with Gasteiger partial charge < -0.3 is 4.90 Å². The minimum absolute atomic E-state index is 0.687. The topological polar surface area (TPSA) is 29.0 Å². The Morgan fingerprint density at radius 3 is 3.00 bits per heavy atom. The van der Waals surface area contributed by atoms with Crippen LogP contribution in [-0.4, -0.2) is 21.9 Å². The first-order valence-corrected chi connectivity index (χ1v) is 7.06. The van der Waals surface area contributed by atoms with E-state index in [0.29, 0.717) is 6.04 Å². The van der Waals surface area contributed by atoms with Crippen LogP contribution < -0.4 is 4.90 Å². The standard InChI is InChI=1S/C12H21N3S/c1-4-6-9(2)11-7-5-8-15(11)12-13-10(3)14-16-12/h9,11H,4-8H2,1-3H3. The van der Waals surface area contributed by atoms with Crippen LogP contribution in [0.2, 0.25) is 0 Å². The second-order valence-corrected chi connectivity index (χ2v) is 5.52. The van der Waals surface area contributed by atoms with Gasteiger partial charge in [0.25, 0.3) is 0 Å². The highest BCUT2D eigenvalue weighted by Gasteiger charge is 2.30. The molecule has 3 nitrogen and oxygen atoms in total. The Kier molecular flexibility index (Phi) is 3.79. The van der Waals surface area contributed by atoms with Crippen LogP contribution in [0.3, 0.4) is 0 Å². The molecule has 2 atom stereocenters. The minimum atomic E-state index is 0.687. The number of rotatable bonds is 4. The number of aromatic nitrogens is 2. The molecule has 0 spiro atoms. The van der Waals surface area contributed by atoms with Gasteiger partial charge in [0.2, 0.25) is 5.13 Å². The monoisotopic (exact) mass is 239 g/mol. The SMILES string of the molecule is CCCC(C)C1CCCN1c1nc(C)ns1. The van der Waals surface area contributed by atoms with Crippen molar-refractivity contribution >= 4 is 16.7 Å². The molecular weight excluding hydrogens is 218 g/mol. The summed E-state index contributed by atoms with van der Waals surface area (Å²) in [6.07, 6.45) is 5.22. The van der Waals surface area contributed by atoms with Crippen LogP contribution in [0.1, 0.15) is 45.4 Å². The molecule has 0 amide bonds. The average molecular weight is 239 g/mol. The van der Waals surface area contributed by atoms with Gasteiger partial charge in [-0.25, -0.2) is 4.98 Å². The average Bonchev–Trinajstić information content (AvgIpc) is 2.85. The number of nitrogens with zero attached hydrogens (tertiary/aromatic N) is 3. The molecular formula is C12H21N3S. The zero-order valence-electron chi connectivity index (χ0n) is 10.4. The van der Waals surface area contributed by atoms with Gasteiger partial charge in [0.1, 0.15) is 5.82 Å². The van der Waals surface area contributed by atoms with Crippen molar-refractivity contribution in [1.29, 1.82) is 0 Å². The van der Waals surface area contributed by atoms with Crippen LogP contribution >= 0.6 is 11.5 Å². The van der Waals surface area contributed by atoms with Gasteiger partial charge in [-0.1, -0.05) is 20.3 Å². The lowest BCUT2D eigenvalue weighted by Gasteiger charge is -2.28. The van der Waals surface area contributed by atoms with E-state index in [9.17, 15) is 0 Å². The summed E-state index contributed by atoms with van der Waals surface area (Å²) in [7, 11) is 0. The first kappa shape index (κ1) is 11.8. The van der Waals surface area contributed by atoms with Crippen LogP contribution in [0.5, 0.6) is 0 Å². The molecule has 4 heteroatoms. The van der Waals surface area contributed by atoms with Gasteiger partial charge in [0, 0.05) is 24.1 Å². The van der Waals surface area contributed by atoms with Gasteiger partial charge in [0.15, 0.2) is 0 Å². The Morgan fingerprint density at radius 2 is 2.38 bits per heavy atom. The molecule has 0 N–H and O–H groups in total. The van der Waals surface area contributed by atoms with Crippen LogP contribution in [0.4, 0.5) is 5.13 Å². The molecule has 0 bridgehead atoms. The van der Waals surface area contributed by atoms with E-state index in [1.165, 1.54) is 25.7 Å². The first-order chi connectivity index (χ1) is 7.72. The van der Waals surface area contributed by atoms with Crippen molar-refractivity contribution in [2.75, 3.05) is 11.4 Å². The third-order valence-corrected chi connectivity index (χ3v) is 4.31. The highest BCUT2D eigenvalue weighted by atomic mass is 32.1.